The first-order valence-electron chi connectivity index (χ1n) is 7.47. The van der Waals surface area contributed by atoms with Crippen LogP contribution >= 0.6 is 11.6 Å². The minimum absolute atomic E-state index is 0.122. The maximum absolute atomic E-state index is 12.3. The summed E-state index contributed by atoms with van der Waals surface area (Å²) in [5.41, 5.74) is 6.68. The van der Waals surface area contributed by atoms with Crippen LogP contribution in [-0.4, -0.2) is 25.5 Å². The van der Waals surface area contributed by atoms with Crippen LogP contribution in [-0.2, 0) is 11.2 Å². The largest absolute Gasteiger partial charge is 0.496 e. The van der Waals surface area contributed by atoms with Crippen molar-refractivity contribution in [1.82, 2.24) is 5.32 Å². The molecule has 0 saturated carbocycles. The van der Waals surface area contributed by atoms with Gasteiger partial charge in [-0.1, -0.05) is 41.9 Å². The van der Waals surface area contributed by atoms with E-state index in [-0.39, 0.29) is 12.5 Å². The van der Waals surface area contributed by atoms with E-state index >= 15 is 0 Å². The fraction of sp³-hybridized carbons (Fsp3) is 0.222. The number of halogens is 1. The summed E-state index contributed by atoms with van der Waals surface area (Å²) in [6, 6.07) is 14.1. The van der Waals surface area contributed by atoms with Gasteiger partial charge in [0.2, 0.25) is 5.91 Å². The minimum Gasteiger partial charge on any atom is -0.496 e. The van der Waals surface area contributed by atoms with E-state index in [2.05, 4.69) is 5.32 Å². The molecule has 5 nitrogen and oxygen atoms in total. The molecule has 6 heteroatoms. The van der Waals surface area contributed by atoms with Gasteiger partial charge in [0.05, 0.1) is 18.6 Å². The Hall–Kier alpha value is -2.53. The van der Waals surface area contributed by atoms with Gasteiger partial charge < -0.3 is 15.8 Å². The summed E-state index contributed by atoms with van der Waals surface area (Å²) in [7, 11) is 1.50. The molecule has 0 aliphatic heterocycles. The SMILES string of the molecule is COc1ccccc1C(=O)NCC(Cc1ccccc1Cl)C(N)=O. The lowest BCUT2D eigenvalue weighted by Gasteiger charge is -2.16. The molecule has 1 atom stereocenters. The number of carbonyl (C=O) groups excluding carboxylic acids is 2. The maximum atomic E-state index is 12.3. The van der Waals surface area contributed by atoms with Crippen molar-refractivity contribution in [1.29, 1.82) is 0 Å². The van der Waals surface area contributed by atoms with E-state index < -0.39 is 11.8 Å². The van der Waals surface area contributed by atoms with Crippen LogP contribution in [0.2, 0.25) is 5.02 Å². The fourth-order valence-corrected chi connectivity index (χ4v) is 2.56. The van der Waals surface area contributed by atoms with E-state index in [1.54, 1.807) is 30.3 Å². The molecule has 126 valence electrons. The quantitative estimate of drug-likeness (QED) is 0.807. The highest BCUT2D eigenvalue weighted by atomic mass is 35.5. The number of primary amides is 1. The van der Waals surface area contributed by atoms with Crippen LogP contribution in [0.4, 0.5) is 0 Å². The summed E-state index contributed by atoms with van der Waals surface area (Å²) in [5, 5.41) is 3.30. The number of rotatable bonds is 7. The molecule has 0 heterocycles. The van der Waals surface area contributed by atoms with Crippen LogP contribution in [0.5, 0.6) is 5.75 Å². The molecule has 3 N–H and O–H groups in total. The minimum atomic E-state index is -0.552. The molecule has 0 aliphatic carbocycles. The number of methoxy groups -OCH3 is 1. The van der Waals surface area contributed by atoms with Crippen molar-refractivity contribution in [3.05, 3.63) is 64.7 Å². The third-order valence-corrected chi connectivity index (χ3v) is 4.06. The van der Waals surface area contributed by atoms with Crippen molar-refractivity contribution in [3.63, 3.8) is 0 Å². The number of hydrogen-bond acceptors (Lipinski definition) is 3. The highest BCUT2D eigenvalue weighted by molar-refractivity contribution is 6.31. The number of nitrogens with two attached hydrogens (primary N) is 1. The highest BCUT2D eigenvalue weighted by Crippen LogP contribution is 2.19. The lowest BCUT2D eigenvalue weighted by Crippen LogP contribution is -2.37. The second kappa shape index (κ2) is 8.36. The molecule has 0 aromatic heterocycles. The van der Waals surface area contributed by atoms with Crippen molar-refractivity contribution in [2.45, 2.75) is 6.42 Å². The van der Waals surface area contributed by atoms with Gasteiger partial charge in [0.1, 0.15) is 5.75 Å². The summed E-state index contributed by atoms with van der Waals surface area (Å²) >= 11 is 6.12. The summed E-state index contributed by atoms with van der Waals surface area (Å²) in [6.45, 7) is 0.122. The third-order valence-electron chi connectivity index (χ3n) is 3.69. The molecular weight excluding hydrogens is 328 g/mol. The predicted molar refractivity (Wildman–Crippen MR) is 93.2 cm³/mol. The topological polar surface area (TPSA) is 81.4 Å². The average molecular weight is 347 g/mol. The predicted octanol–water partition coefficient (Wildman–Crippen LogP) is 2.42. The van der Waals surface area contributed by atoms with Crippen molar-refractivity contribution in [2.75, 3.05) is 13.7 Å². The number of hydrogen-bond donors (Lipinski definition) is 2. The van der Waals surface area contributed by atoms with E-state index in [4.69, 9.17) is 22.1 Å². The van der Waals surface area contributed by atoms with E-state index in [9.17, 15) is 9.59 Å². The monoisotopic (exact) mass is 346 g/mol. The van der Waals surface area contributed by atoms with E-state index in [1.165, 1.54) is 7.11 Å². The zero-order valence-corrected chi connectivity index (χ0v) is 14.0. The van der Waals surface area contributed by atoms with Gasteiger partial charge in [0.15, 0.2) is 0 Å². The van der Waals surface area contributed by atoms with Gasteiger partial charge in [0.25, 0.3) is 5.91 Å². The number of amides is 2. The summed E-state index contributed by atoms with van der Waals surface area (Å²) < 4.78 is 5.16. The molecule has 0 aliphatic rings. The molecule has 24 heavy (non-hydrogen) atoms. The lowest BCUT2D eigenvalue weighted by atomic mass is 9.98. The van der Waals surface area contributed by atoms with Crippen LogP contribution in [0, 0.1) is 5.92 Å². The molecular formula is C18H19ClN2O3. The van der Waals surface area contributed by atoms with Crippen molar-refractivity contribution in [2.24, 2.45) is 11.7 Å². The summed E-state index contributed by atoms with van der Waals surface area (Å²) in [6.07, 6.45) is 0.362. The van der Waals surface area contributed by atoms with Gasteiger partial charge in [-0.3, -0.25) is 9.59 Å². The zero-order chi connectivity index (χ0) is 17.5. The molecule has 0 fully saturated rings. The van der Waals surface area contributed by atoms with Crippen LogP contribution in [0.3, 0.4) is 0 Å². The van der Waals surface area contributed by atoms with Crippen LogP contribution < -0.4 is 15.8 Å². The standard InChI is InChI=1S/C18H19ClN2O3/c1-24-16-9-5-3-7-14(16)18(23)21-11-13(17(20)22)10-12-6-2-4-8-15(12)19/h2-9,13H,10-11H2,1H3,(H2,20,22)(H,21,23). The number of ether oxygens (including phenoxy) is 1. The van der Waals surface area contributed by atoms with Gasteiger partial charge in [-0.2, -0.15) is 0 Å². The number of para-hydroxylation sites is 1. The van der Waals surface area contributed by atoms with Crippen molar-refractivity contribution >= 4 is 23.4 Å². The molecule has 1 unspecified atom stereocenters. The Bertz CT molecular complexity index is 734. The Morgan fingerprint density at radius 3 is 2.50 bits per heavy atom. The van der Waals surface area contributed by atoms with Gasteiger partial charge in [0, 0.05) is 11.6 Å². The van der Waals surface area contributed by atoms with E-state index in [0.717, 1.165) is 5.56 Å². The smallest absolute Gasteiger partial charge is 0.255 e. The Labute approximate surface area is 145 Å². The first-order chi connectivity index (χ1) is 11.5. The van der Waals surface area contributed by atoms with Gasteiger partial charge in [-0.05, 0) is 30.2 Å². The van der Waals surface area contributed by atoms with Crippen molar-refractivity contribution in [3.8, 4) is 5.75 Å². The van der Waals surface area contributed by atoms with Crippen LogP contribution in [0.1, 0.15) is 15.9 Å². The Morgan fingerprint density at radius 1 is 1.17 bits per heavy atom. The number of benzene rings is 2. The van der Waals surface area contributed by atoms with Crippen LogP contribution in [0.15, 0.2) is 48.5 Å². The third kappa shape index (κ3) is 4.49. The Balaban J connectivity index is 2.05. The first-order valence-corrected chi connectivity index (χ1v) is 7.84. The fourth-order valence-electron chi connectivity index (χ4n) is 2.35. The maximum Gasteiger partial charge on any atom is 0.255 e. The summed E-state index contributed by atoms with van der Waals surface area (Å²) in [4.78, 5) is 24.0. The van der Waals surface area contributed by atoms with Gasteiger partial charge in [-0.25, -0.2) is 0 Å². The van der Waals surface area contributed by atoms with Crippen LogP contribution in [0.25, 0.3) is 0 Å². The molecule has 0 saturated heterocycles. The zero-order valence-electron chi connectivity index (χ0n) is 13.3. The van der Waals surface area contributed by atoms with E-state index in [0.29, 0.717) is 22.8 Å². The number of carbonyl (C=O) groups is 2. The normalized spacial score (nSPS) is 11.6. The van der Waals surface area contributed by atoms with Gasteiger partial charge >= 0.3 is 0 Å². The molecule has 2 amide bonds. The second-order valence-electron chi connectivity index (χ2n) is 5.31. The summed E-state index contributed by atoms with van der Waals surface area (Å²) in [5.74, 6) is -0.895. The second-order valence-corrected chi connectivity index (χ2v) is 5.71. The Kier molecular flexibility index (Phi) is 6.21. The highest BCUT2D eigenvalue weighted by Gasteiger charge is 2.19. The molecule has 0 bridgehead atoms. The van der Waals surface area contributed by atoms with Crippen molar-refractivity contribution < 1.29 is 14.3 Å². The molecule has 0 radical (unpaired) electrons. The average Bonchev–Trinajstić information content (AvgIpc) is 2.59. The molecule has 0 spiro atoms. The number of nitrogens with one attached hydrogen (secondary N) is 1. The molecule has 2 rings (SSSR count). The molecule has 2 aromatic rings. The van der Waals surface area contributed by atoms with E-state index in [1.807, 2.05) is 18.2 Å². The molecule has 2 aromatic carbocycles. The van der Waals surface area contributed by atoms with Gasteiger partial charge in [-0.15, -0.1) is 0 Å². The Morgan fingerprint density at radius 2 is 1.83 bits per heavy atom. The first kappa shape index (κ1) is 17.8. The lowest BCUT2D eigenvalue weighted by molar-refractivity contribution is -0.121.